The molecule has 0 spiro atoms. The molecule has 0 fully saturated rings. The molecule has 0 aliphatic carbocycles. The Labute approximate surface area is 136 Å². The van der Waals surface area contributed by atoms with Crippen molar-refractivity contribution in [2.75, 3.05) is 0 Å². The highest BCUT2D eigenvalue weighted by atomic mass is 79.9. The van der Waals surface area contributed by atoms with Gasteiger partial charge in [-0.05, 0) is 52.3 Å². The third-order valence-electron chi connectivity index (χ3n) is 2.84. The predicted molar refractivity (Wildman–Crippen MR) is 83.6 cm³/mol. The summed E-state index contributed by atoms with van der Waals surface area (Å²) < 4.78 is 8.37. The van der Waals surface area contributed by atoms with Crippen molar-refractivity contribution in [3.63, 3.8) is 0 Å². The molecule has 0 unspecified atom stereocenters. The van der Waals surface area contributed by atoms with Crippen LogP contribution in [0.2, 0.25) is 0 Å². The topological polar surface area (TPSA) is 68.3 Å². The Hall–Kier alpha value is -1.86. The van der Waals surface area contributed by atoms with E-state index < -0.39 is 5.97 Å². The molecule has 0 amide bonds. The van der Waals surface area contributed by atoms with Gasteiger partial charge >= 0.3 is 5.97 Å². The maximum atomic E-state index is 11.4. The van der Waals surface area contributed by atoms with E-state index in [-0.39, 0.29) is 11.3 Å². The van der Waals surface area contributed by atoms with Crippen molar-refractivity contribution in [1.82, 2.24) is 9.78 Å². The molecule has 21 heavy (non-hydrogen) atoms. The van der Waals surface area contributed by atoms with Gasteiger partial charge in [-0.3, -0.25) is 0 Å². The molecule has 0 saturated heterocycles. The molecule has 0 radical (unpaired) electrons. The molecule has 0 bridgehead atoms. The number of hydrogen-bond acceptors (Lipinski definition) is 3. The van der Waals surface area contributed by atoms with Gasteiger partial charge in [-0.2, -0.15) is 5.10 Å². The fraction of sp³-hybridized carbons (Fsp3) is 0. The van der Waals surface area contributed by atoms with Crippen LogP contribution in [0.5, 0.6) is 0 Å². The number of benzene rings is 1. The SMILES string of the molecule is O=C(O)c1cn(-c2ccc(Br)cc2)nc1-c1ccc(Br)o1. The normalized spacial score (nSPS) is 10.8. The molecule has 7 heteroatoms. The number of aromatic nitrogens is 2. The number of hydrogen-bond donors (Lipinski definition) is 1. The fourth-order valence-corrected chi connectivity index (χ4v) is 2.45. The fourth-order valence-electron chi connectivity index (χ4n) is 1.88. The largest absolute Gasteiger partial charge is 0.478 e. The van der Waals surface area contributed by atoms with Crippen molar-refractivity contribution in [3.8, 4) is 17.1 Å². The Kier molecular flexibility index (Phi) is 3.69. The van der Waals surface area contributed by atoms with E-state index in [2.05, 4.69) is 37.0 Å². The minimum Gasteiger partial charge on any atom is -0.478 e. The van der Waals surface area contributed by atoms with Crippen LogP contribution in [-0.4, -0.2) is 20.9 Å². The second-order valence-electron chi connectivity index (χ2n) is 4.22. The van der Waals surface area contributed by atoms with Crippen molar-refractivity contribution in [1.29, 1.82) is 0 Å². The van der Waals surface area contributed by atoms with Gasteiger partial charge in [0.25, 0.3) is 0 Å². The van der Waals surface area contributed by atoms with Crippen LogP contribution in [0.25, 0.3) is 17.1 Å². The number of halogens is 2. The Bertz CT molecular complexity index is 806. The molecule has 3 rings (SSSR count). The van der Waals surface area contributed by atoms with Gasteiger partial charge in [0.15, 0.2) is 10.4 Å². The van der Waals surface area contributed by atoms with Gasteiger partial charge in [0, 0.05) is 10.7 Å². The molecule has 3 aromatic rings. The molecule has 0 saturated carbocycles. The first-order chi connectivity index (χ1) is 10.0. The summed E-state index contributed by atoms with van der Waals surface area (Å²) in [7, 11) is 0. The molecule has 2 aromatic heterocycles. The van der Waals surface area contributed by atoms with E-state index in [4.69, 9.17) is 4.42 Å². The summed E-state index contributed by atoms with van der Waals surface area (Å²) in [6.07, 6.45) is 1.47. The number of carboxylic acid groups (broad SMARTS) is 1. The standard InChI is InChI=1S/C14H8Br2N2O3/c15-8-1-3-9(4-2-8)18-7-10(14(19)20)13(17-18)11-5-6-12(16)21-11/h1-7H,(H,19,20). The first-order valence-corrected chi connectivity index (χ1v) is 7.48. The first kappa shape index (κ1) is 14.1. The summed E-state index contributed by atoms with van der Waals surface area (Å²) in [6, 6.07) is 10.8. The van der Waals surface area contributed by atoms with Crippen LogP contribution in [0.4, 0.5) is 0 Å². The van der Waals surface area contributed by atoms with Crippen LogP contribution in [0, 0.1) is 0 Å². The summed E-state index contributed by atoms with van der Waals surface area (Å²) in [6.45, 7) is 0. The van der Waals surface area contributed by atoms with E-state index in [1.807, 2.05) is 24.3 Å². The van der Waals surface area contributed by atoms with E-state index in [0.717, 1.165) is 10.2 Å². The number of rotatable bonds is 3. The van der Waals surface area contributed by atoms with Crippen LogP contribution in [-0.2, 0) is 0 Å². The summed E-state index contributed by atoms with van der Waals surface area (Å²) in [5, 5.41) is 13.6. The highest BCUT2D eigenvalue weighted by molar-refractivity contribution is 9.10. The van der Waals surface area contributed by atoms with Crippen LogP contribution in [0.1, 0.15) is 10.4 Å². The van der Waals surface area contributed by atoms with Gasteiger partial charge in [0.1, 0.15) is 11.3 Å². The van der Waals surface area contributed by atoms with Crippen molar-refractivity contribution in [2.24, 2.45) is 0 Å². The van der Waals surface area contributed by atoms with E-state index in [9.17, 15) is 9.90 Å². The summed E-state index contributed by atoms with van der Waals surface area (Å²) in [5.41, 5.74) is 1.13. The van der Waals surface area contributed by atoms with Crippen LogP contribution in [0.3, 0.4) is 0 Å². The number of carbonyl (C=O) groups is 1. The van der Waals surface area contributed by atoms with Crippen LogP contribution < -0.4 is 0 Å². The maximum Gasteiger partial charge on any atom is 0.339 e. The van der Waals surface area contributed by atoms with Crippen molar-refractivity contribution < 1.29 is 14.3 Å². The summed E-state index contributed by atoms with van der Waals surface area (Å²) in [4.78, 5) is 11.4. The second-order valence-corrected chi connectivity index (χ2v) is 5.92. The smallest absolute Gasteiger partial charge is 0.339 e. The first-order valence-electron chi connectivity index (χ1n) is 5.89. The van der Waals surface area contributed by atoms with Crippen LogP contribution >= 0.6 is 31.9 Å². The van der Waals surface area contributed by atoms with E-state index in [1.165, 1.54) is 10.9 Å². The monoisotopic (exact) mass is 410 g/mol. The predicted octanol–water partition coefficient (Wildman–Crippen LogP) is 4.36. The molecule has 1 aromatic carbocycles. The lowest BCUT2D eigenvalue weighted by molar-refractivity contribution is 0.0697. The lowest BCUT2D eigenvalue weighted by Crippen LogP contribution is -1.96. The van der Waals surface area contributed by atoms with Gasteiger partial charge in [-0.15, -0.1) is 0 Å². The molecule has 0 aliphatic rings. The van der Waals surface area contributed by atoms with E-state index in [0.29, 0.717) is 10.4 Å². The number of aromatic carboxylic acids is 1. The number of carboxylic acids is 1. The minimum atomic E-state index is -1.05. The lowest BCUT2D eigenvalue weighted by atomic mass is 10.2. The molecule has 2 heterocycles. The van der Waals surface area contributed by atoms with Gasteiger partial charge in [-0.1, -0.05) is 15.9 Å². The third-order valence-corrected chi connectivity index (χ3v) is 3.80. The zero-order valence-corrected chi connectivity index (χ0v) is 13.6. The molecule has 106 valence electrons. The van der Waals surface area contributed by atoms with Crippen molar-refractivity contribution in [3.05, 3.63) is 57.3 Å². The number of furan rings is 1. The van der Waals surface area contributed by atoms with Gasteiger partial charge in [-0.25, -0.2) is 9.48 Å². The van der Waals surface area contributed by atoms with Crippen LogP contribution in [0.15, 0.2) is 56.2 Å². The average Bonchev–Trinajstić information content (AvgIpc) is 3.05. The summed E-state index contributed by atoms with van der Waals surface area (Å²) in [5.74, 6) is -0.656. The van der Waals surface area contributed by atoms with Crippen molar-refractivity contribution >= 4 is 37.8 Å². The van der Waals surface area contributed by atoms with Crippen molar-refractivity contribution in [2.45, 2.75) is 0 Å². The van der Waals surface area contributed by atoms with Gasteiger partial charge < -0.3 is 9.52 Å². The average molecular weight is 412 g/mol. The molecule has 0 aliphatic heterocycles. The molecule has 5 nitrogen and oxygen atoms in total. The number of nitrogens with zero attached hydrogens (tertiary/aromatic N) is 2. The zero-order chi connectivity index (χ0) is 15.0. The molecule has 1 N–H and O–H groups in total. The van der Waals surface area contributed by atoms with E-state index in [1.54, 1.807) is 12.1 Å². The molecular weight excluding hydrogens is 404 g/mol. The molecule has 0 atom stereocenters. The zero-order valence-electron chi connectivity index (χ0n) is 10.5. The quantitative estimate of drug-likeness (QED) is 0.695. The van der Waals surface area contributed by atoms with Gasteiger partial charge in [0.05, 0.1) is 5.69 Å². The van der Waals surface area contributed by atoms with Gasteiger partial charge in [0.2, 0.25) is 0 Å². The molecular formula is C14H8Br2N2O3. The lowest BCUT2D eigenvalue weighted by Gasteiger charge is -2.00. The Morgan fingerprint density at radius 3 is 2.43 bits per heavy atom. The minimum absolute atomic E-state index is 0.0831. The highest BCUT2D eigenvalue weighted by Crippen LogP contribution is 2.28. The maximum absolute atomic E-state index is 11.4. The van der Waals surface area contributed by atoms with E-state index >= 15 is 0 Å². The Morgan fingerprint density at radius 1 is 1.14 bits per heavy atom. The highest BCUT2D eigenvalue weighted by Gasteiger charge is 2.20. The summed E-state index contributed by atoms with van der Waals surface area (Å²) >= 11 is 6.55. The third kappa shape index (κ3) is 2.79. The second kappa shape index (κ2) is 5.50. The Balaban J connectivity index is 2.12. The Morgan fingerprint density at radius 2 is 1.86 bits per heavy atom.